The Morgan fingerprint density at radius 1 is 0.974 bits per heavy atom. The Labute approximate surface area is 225 Å². The lowest BCUT2D eigenvalue weighted by molar-refractivity contribution is 0.122. The molecule has 12 nitrogen and oxygen atoms in total. The van der Waals surface area contributed by atoms with E-state index in [0.717, 1.165) is 25.1 Å². The van der Waals surface area contributed by atoms with Crippen molar-refractivity contribution in [2.75, 3.05) is 45.3 Å². The minimum atomic E-state index is -3.73. The quantitative estimate of drug-likeness (QED) is 0.315. The van der Waals surface area contributed by atoms with Gasteiger partial charge < -0.3 is 14.1 Å². The number of furan rings is 1. The summed E-state index contributed by atoms with van der Waals surface area (Å²) in [5.41, 5.74) is 4.40. The van der Waals surface area contributed by atoms with Crippen molar-refractivity contribution in [3.8, 4) is 28.7 Å². The Morgan fingerprint density at radius 3 is 2.51 bits per heavy atom. The monoisotopic (exact) mass is 548 g/mol. The summed E-state index contributed by atoms with van der Waals surface area (Å²) in [6, 6.07) is 11.8. The lowest BCUT2D eigenvalue weighted by Gasteiger charge is -2.27. The highest BCUT2D eigenvalue weighted by molar-refractivity contribution is 7.87. The van der Waals surface area contributed by atoms with Crippen LogP contribution in [-0.4, -0.2) is 81.8 Å². The summed E-state index contributed by atoms with van der Waals surface area (Å²) in [6.07, 6.45) is 3.28. The average Bonchev–Trinajstić information content (AvgIpc) is 3.67. The third kappa shape index (κ3) is 4.58. The number of nitrogens with zero attached hydrogens (tertiary/aromatic N) is 8. The highest BCUT2D eigenvalue weighted by atomic mass is 32.2. The first-order chi connectivity index (χ1) is 18.7. The van der Waals surface area contributed by atoms with E-state index in [9.17, 15) is 8.42 Å². The second-order valence-electron chi connectivity index (χ2n) is 9.55. The number of morpholine rings is 1. The van der Waals surface area contributed by atoms with Crippen LogP contribution in [0, 0.1) is 13.8 Å². The number of imidazole rings is 1. The van der Waals surface area contributed by atoms with Crippen molar-refractivity contribution >= 4 is 27.1 Å². The van der Waals surface area contributed by atoms with Gasteiger partial charge in [-0.3, -0.25) is 0 Å². The van der Waals surface area contributed by atoms with Crippen molar-refractivity contribution in [2.24, 2.45) is 0 Å². The van der Waals surface area contributed by atoms with Crippen LogP contribution in [0.3, 0.4) is 0 Å². The van der Waals surface area contributed by atoms with Crippen LogP contribution in [0.25, 0.3) is 39.8 Å². The zero-order chi connectivity index (χ0) is 27.3. The van der Waals surface area contributed by atoms with E-state index < -0.39 is 10.2 Å². The van der Waals surface area contributed by atoms with Crippen molar-refractivity contribution in [3.05, 3.63) is 60.2 Å². The van der Waals surface area contributed by atoms with E-state index >= 15 is 0 Å². The van der Waals surface area contributed by atoms with E-state index in [-0.39, 0.29) is 0 Å². The molecular formula is C26H28N8O4S. The summed E-state index contributed by atoms with van der Waals surface area (Å²) in [7, 11) is -0.786. The molecule has 1 aliphatic rings. The molecule has 0 radical (unpaired) electrons. The van der Waals surface area contributed by atoms with Crippen LogP contribution in [0.2, 0.25) is 0 Å². The molecule has 202 valence electrons. The highest BCUT2D eigenvalue weighted by Gasteiger charge is 2.25. The largest absolute Gasteiger partial charge is 0.449 e. The van der Waals surface area contributed by atoms with Gasteiger partial charge in [-0.25, -0.2) is 18.6 Å². The molecule has 0 aliphatic carbocycles. The van der Waals surface area contributed by atoms with E-state index in [0.29, 0.717) is 66.4 Å². The van der Waals surface area contributed by atoms with Crippen LogP contribution < -0.4 is 4.90 Å². The molecule has 39 heavy (non-hydrogen) atoms. The molecule has 1 fully saturated rings. The van der Waals surface area contributed by atoms with E-state index in [1.165, 1.54) is 20.3 Å². The predicted octanol–water partition coefficient (Wildman–Crippen LogP) is 3.05. The molecule has 4 aromatic heterocycles. The normalized spacial score (nSPS) is 14.5. The molecule has 0 N–H and O–H groups in total. The molecule has 0 unspecified atom stereocenters. The summed E-state index contributed by atoms with van der Waals surface area (Å²) in [5.74, 6) is 1.73. The number of benzene rings is 1. The lowest BCUT2D eigenvalue weighted by Crippen LogP contribution is -2.37. The fourth-order valence-corrected chi connectivity index (χ4v) is 5.46. The fraction of sp³-hybridized carbons (Fsp3) is 0.308. The van der Waals surface area contributed by atoms with Crippen LogP contribution in [0.1, 0.15) is 11.4 Å². The summed E-state index contributed by atoms with van der Waals surface area (Å²) >= 11 is 0. The molecule has 0 saturated carbocycles. The van der Waals surface area contributed by atoms with Gasteiger partial charge in [-0.2, -0.15) is 22.8 Å². The third-order valence-electron chi connectivity index (χ3n) is 6.56. The van der Waals surface area contributed by atoms with Gasteiger partial charge in [-0.15, -0.1) is 0 Å². The van der Waals surface area contributed by atoms with Gasteiger partial charge in [0, 0.05) is 45.0 Å². The van der Waals surface area contributed by atoms with Crippen LogP contribution in [-0.2, 0) is 14.9 Å². The van der Waals surface area contributed by atoms with Crippen LogP contribution in [0.4, 0.5) is 5.82 Å². The molecule has 6 rings (SSSR count). The minimum absolute atomic E-state index is 0.319. The Balaban J connectivity index is 1.46. The van der Waals surface area contributed by atoms with Crippen LogP contribution >= 0.6 is 0 Å². The average molecular weight is 549 g/mol. The molecule has 0 amide bonds. The summed E-state index contributed by atoms with van der Waals surface area (Å²) < 4.78 is 41.1. The molecule has 0 spiro atoms. The maximum Gasteiger partial charge on any atom is 0.308 e. The number of ether oxygens (including phenoxy) is 1. The van der Waals surface area contributed by atoms with Crippen molar-refractivity contribution in [1.82, 2.24) is 33.0 Å². The summed E-state index contributed by atoms with van der Waals surface area (Å²) in [4.78, 5) is 16.2. The lowest BCUT2D eigenvalue weighted by atomic mass is 10.1. The van der Waals surface area contributed by atoms with Crippen molar-refractivity contribution in [1.29, 1.82) is 0 Å². The summed E-state index contributed by atoms with van der Waals surface area (Å²) in [6.45, 7) is 6.10. The Kier molecular flexibility index (Phi) is 6.20. The molecule has 0 bridgehead atoms. The van der Waals surface area contributed by atoms with Gasteiger partial charge >= 0.3 is 10.2 Å². The molecule has 1 aliphatic heterocycles. The Hall–Kier alpha value is -4.07. The predicted molar refractivity (Wildman–Crippen MR) is 146 cm³/mol. The second-order valence-corrected chi connectivity index (χ2v) is 11.6. The van der Waals surface area contributed by atoms with E-state index in [4.69, 9.17) is 24.2 Å². The fourth-order valence-electron chi connectivity index (χ4n) is 4.50. The zero-order valence-corrected chi connectivity index (χ0v) is 22.9. The first kappa shape index (κ1) is 25.2. The number of hydrogen-bond acceptors (Lipinski definition) is 9. The minimum Gasteiger partial charge on any atom is -0.449 e. The highest BCUT2D eigenvalue weighted by Crippen LogP contribution is 2.33. The van der Waals surface area contributed by atoms with Gasteiger partial charge in [0.05, 0.1) is 25.1 Å². The molecule has 0 atom stereocenters. The van der Waals surface area contributed by atoms with Crippen molar-refractivity contribution in [3.63, 3.8) is 0 Å². The van der Waals surface area contributed by atoms with Gasteiger partial charge in [0.25, 0.3) is 5.95 Å². The van der Waals surface area contributed by atoms with E-state index in [2.05, 4.69) is 16.0 Å². The Bertz CT molecular complexity index is 1780. The SMILES string of the molecule is Cc1cccc(-c2ccn(-c3nc(N4CCOCC4)c4oc(-c5cn(S(=O)(=O)N(C)C)c(C)n5)cc4n3)n2)c1. The third-order valence-corrected chi connectivity index (χ3v) is 8.35. The zero-order valence-electron chi connectivity index (χ0n) is 22.1. The maximum absolute atomic E-state index is 12.7. The van der Waals surface area contributed by atoms with Gasteiger partial charge in [0.2, 0.25) is 0 Å². The van der Waals surface area contributed by atoms with Crippen molar-refractivity contribution in [2.45, 2.75) is 13.8 Å². The molecule has 1 saturated heterocycles. The first-order valence-electron chi connectivity index (χ1n) is 12.5. The maximum atomic E-state index is 12.7. The molecule has 13 heteroatoms. The number of fused-ring (bicyclic) bond motifs is 1. The number of rotatable bonds is 6. The second kappa shape index (κ2) is 9.59. The molecule has 5 heterocycles. The van der Waals surface area contributed by atoms with Gasteiger partial charge in [-0.05, 0) is 26.0 Å². The first-order valence-corrected chi connectivity index (χ1v) is 13.9. The smallest absolute Gasteiger partial charge is 0.308 e. The van der Waals surface area contributed by atoms with E-state index in [1.54, 1.807) is 17.7 Å². The molecular weight excluding hydrogens is 520 g/mol. The summed E-state index contributed by atoms with van der Waals surface area (Å²) in [5, 5.41) is 4.74. The van der Waals surface area contributed by atoms with Crippen LogP contribution in [0.5, 0.6) is 0 Å². The topological polar surface area (TPSA) is 124 Å². The van der Waals surface area contributed by atoms with Crippen LogP contribution in [0.15, 0.2) is 53.2 Å². The van der Waals surface area contributed by atoms with Gasteiger partial charge in [0.15, 0.2) is 17.2 Å². The number of aryl methyl sites for hydroxylation is 2. The number of anilines is 1. The van der Waals surface area contributed by atoms with E-state index in [1.807, 2.05) is 37.4 Å². The van der Waals surface area contributed by atoms with Gasteiger partial charge in [-0.1, -0.05) is 23.8 Å². The van der Waals surface area contributed by atoms with Crippen molar-refractivity contribution < 1.29 is 17.6 Å². The number of hydrogen-bond donors (Lipinski definition) is 0. The Morgan fingerprint density at radius 2 is 1.77 bits per heavy atom. The molecule has 5 aromatic rings. The molecule has 1 aromatic carbocycles. The number of aromatic nitrogens is 6. The van der Waals surface area contributed by atoms with Gasteiger partial charge in [0.1, 0.15) is 17.0 Å². The standard InChI is InChI=1S/C26H28N8O4S/c1-17-6-5-7-19(14-17)20-8-9-33(30-20)26-28-21-15-23(22-16-34(18(2)27-22)39(35,36)31(3)4)38-24(21)25(29-26)32-10-12-37-13-11-32/h5-9,14-16H,10-13H2,1-4H3.